The molecule has 3 saturated heterocycles. The van der Waals surface area contributed by atoms with Crippen molar-refractivity contribution < 1.29 is 34.1 Å². The van der Waals surface area contributed by atoms with E-state index in [0.717, 1.165) is 12.8 Å². The van der Waals surface area contributed by atoms with E-state index >= 15 is 0 Å². The van der Waals surface area contributed by atoms with Crippen LogP contribution in [0.1, 0.15) is 52.1 Å². The number of nitrogens with one attached hydrogen (secondary N) is 2. The first-order chi connectivity index (χ1) is 19.8. The molecule has 2 aromatic rings. The van der Waals surface area contributed by atoms with Gasteiger partial charge in [0.25, 0.3) is 11.8 Å². The van der Waals surface area contributed by atoms with Crippen molar-refractivity contribution in [2.24, 2.45) is 5.92 Å². The number of hydrogen-bond acceptors (Lipinski definition) is 11. The maximum absolute atomic E-state index is 12.2. The summed E-state index contributed by atoms with van der Waals surface area (Å²) in [6.45, 7) is 7.46. The average molecular weight is 573 g/mol. The molecule has 0 aliphatic carbocycles. The van der Waals surface area contributed by atoms with Gasteiger partial charge in [-0.05, 0) is 31.6 Å². The summed E-state index contributed by atoms with van der Waals surface area (Å²) in [5, 5.41) is 26.0. The number of ether oxygens (including phenoxy) is 2. The van der Waals surface area contributed by atoms with Gasteiger partial charge in [-0.25, -0.2) is 19.7 Å². The van der Waals surface area contributed by atoms with E-state index in [1.54, 1.807) is 11.8 Å². The molecule has 5 atom stereocenters. The van der Waals surface area contributed by atoms with E-state index < -0.39 is 42.6 Å². The molecule has 222 valence electrons. The third-order valence-corrected chi connectivity index (χ3v) is 7.03. The molecule has 3 aliphatic rings. The van der Waals surface area contributed by atoms with Gasteiger partial charge in [0.1, 0.15) is 17.7 Å². The van der Waals surface area contributed by atoms with Crippen LogP contribution in [0.15, 0.2) is 6.33 Å². The van der Waals surface area contributed by atoms with Gasteiger partial charge in [0.15, 0.2) is 29.9 Å². The van der Waals surface area contributed by atoms with Crippen molar-refractivity contribution in [1.82, 2.24) is 35.1 Å². The molecule has 5 heterocycles. The van der Waals surface area contributed by atoms with E-state index in [2.05, 4.69) is 37.4 Å². The highest BCUT2D eigenvalue weighted by atomic mass is 16.6. The Morgan fingerprint density at radius 1 is 1.24 bits per heavy atom. The number of aliphatic hydroxyl groups excluding tert-OH is 2. The number of imidazole rings is 1. The number of fused-ring (bicyclic) bond motifs is 1. The summed E-state index contributed by atoms with van der Waals surface area (Å²) in [5.74, 6) is 5.68. The fourth-order valence-corrected chi connectivity index (χ4v) is 4.72. The van der Waals surface area contributed by atoms with E-state index in [1.165, 1.54) is 10.9 Å². The number of β-lactam (4-membered cyclic amide) rings is 1. The van der Waals surface area contributed by atoms with Crippen molar-refractivity contribution in [3.05, 3.63) is 12.2 Å². The third kappa shape index (κ3) is 6.34. The van der Waals surface area contributed by atoms with Gasteiger partial charge in [-0.15, -0.1) is 0 Å². The van der Waals surface area contributed by atoms with E-state index in [1.807, 2.05) is 13.8 Å². The first kappa shape index (κ1) is 30.0. The number of aromatic nitrogens is 4. The van der Waals surface area contributed by atoms with Crippen LogP contribution < -0.4 is 16.4 Å². The Morgan fingerprint density at radius 3 is 2.61 bits per heavy atom. The van der Waals surface area contributed by atoms with Crippen molar-refractivity contribution in [1.29, 1.82) is 0 Å². The Kier molecular flexibility index (Phi) is 9.58. The average Bonchev–Trinajstić information content (AvgIpc) is 3.53. The number of rotatable bonds is 5. The minimum atomic E-state index is -1.44. The Balaban J connectivity index is 0.00000189. The largest absolute Gasteiger partial charge is 0.434 e. The minimum Gasteiger partial charge on any atom is -0.434 e. The maximum atomic E-state index is 12.2. The van der Waals surface area contributed by atoms with Crippen molar-refractivity contribution >= 4 is 34.9 Å². The number of nitrogen functional groups attached to an aromatic ring is 1. The summed E-state index contributed by atoms with van der Waals surface area (Å²) >= 11 is 0. The number of carbonyl (C=O) groups is 3. The van der Waals surface area contributed by atoms with Gasteiger partial charge in [-0.1, -0.05) is 19.8 Å². The minimum absolute atomic E-state index is 0.0864. The standard InChI is InChI=1S/C24H30N8O7.C2H6/c1-2-26-22(36)18-16(33)17(34)23(39-18)32-11-28-15-19(25)29-14(30-20(15)32)5-3-4-12-6-8-31(9-7-12)24(37)38-13-10-27-21(13)35;1-2/h11-13,16-18,23,33-34H,2,4,6-10H2,1H3,(H,26,36)(H,27,35)(H2,25,29,30);1-2H3/t13?,16-,17?,18+,23-;/m1./s1. The Bertz CT molecular complexity index is 1330. The van der Waals surface area contributed by atoms with Crippen LogP contribution in [0, 0.1) is 17.8 Å². The third-order valence-electron chi connectivity index (χ3n) is 7.03. The highest BCUT2D eigenvalue weighted by Gasteiger charge is 2.47. The molecule has 15 heteroatoms. The summed E-state index contributed by atoms with van der Waals surface area (Å²) in [4.78, 5) is 50.2. The van der Waals surface area contributed by atoms with Crippen LogP contribution in [0.3, 0.4) is 0 Å². The number of likely N-dealkylation sites (N-methyl/N-ethyl adjacent to an activating group) is 1. The number of nitrogens with two attached hydrogens (primary N) is 1. The number of amides is 3. The Morgan fingerprint density at radius 2 is 1.98 bits per heavy atom. The van der Waals surface area contributed by atoms with Crippen LogP contribution in [0.2, 0.25) is 0 Å². The molecular weight excluding hydrogens is 536 g/mol. The summed E-state index contributed by atoms with van der Waals surface area (Å²) in [6, 6.07) is 0. The number of hydrogen-bond donors (Lipinski definition) is 5. The molecule has 6 N–H and O–H groups in total. The highest BCUT2D eigenvalue weighted by molar-refractivity contribution is 5.88. The first-order valence-electron chi connectivity index (χ1n) is 13.8. The van der Waals surface area contributed by atoms with E-state index in [-0.39, 0.29) is 34.6 Å². The number of nitrogens with zero attached hydrogens (tertiary/aromatic N) is 5. The highest BCUT2D eigenvalue weighted by Crippen LogP contribution is 2.32. The van der Waals surface area contributed by atoms with E-state index in [9.17, 15) is 24.6 Å². The van der Waals surface area contributed by atoms with Crippen molar-refractivity contribution in [2.75, 3.05) is 31.9 Å². The predicted molar refractivity (Wildman–Crippen MR) is 145 cm³/mol. The number of piperidine rings is 1. The second-order valence-electron chi connectivity index (χ2n) is 9.63. The zero-order chi connectivity index (χ0) is 29.7. The Labute approximate surface area is 236 Å². The van der Waals surface area contributed by atoms with Crippen LogP contribution in [0.25, 0.3) is 11.2 Å². The molecule has 2 aromatic heterocycles. The van der Waals surface area contributed by atoms with Crippen molar-refractivity contribution in [2.45, 2.75) is 70.7 Å². The molecule has 0 bridgehead atoms. The molecule has 0 saturated carbocycles. The summed E-state index contributed by atoms with van der Waals surface area (Å²) in [5.41, 5.74) is 6.59. The molecule has 0 spiro atoms. The van der Waals surface area contributed by atoms with Crippen LogP contribution in [0.4, 0.5) is 10.6 Å². The van der Waals surface area contributed by atoms with Crippen LogP contribution in [0.5, 0.6) is 0 Å². The fourth-order valence-electron chi connectivity index (χ4n) is 4.72. The molecule has 3 fully saturated rings. The lowest BCUT2D eigenvalue weighted by molar-refractivity contribution is -0.138. The monoisotopic (exact) mass is 572 g/mol. The lowest BCUT2D eigenvalue weighted by Crippen LogP contribution is -2.56. The topological polar surface area (TPSA) is 207 Å². The van der Waals surface area contributed by atoms with Gasteiger partial charge >= 0.3 is 6.09 Å². The normalized spacial score (nSPS) is 25.7. The van der Waals surface area contributed by atoms with Crippen LogP contribution >= 0.6 is 0 Å². The fraction of sp³-hybridized carbons (Fsp3) is 0.615. The van der Waals surface area contributed by atoms with Crippen LogP contribution in [-0.4, -0.2) is 103 Å². The summed E-state index contributed by atoms with van der Waals surface area (Å²) in [6.07, 6.45) is -3.02. The molecule has 0 aromatic carbocycles. The van der Waals surface area contributed by atoms with Gasteiger partial charge in [-0.2, -0.15) is 0 Å². The predicted octanol–water partition coefficient (Wildman–Crippen LogP) is -0.721. The second kappa shape index (κ2) is 13.1. The molecule has 41 heavy (non-hydrogen) atoms. The van der Waals surface area contributed by atoms with E-state index in [4.69, 9.17) is 15.2 Å². The first-order valence-corrected chi connectivity index (χ1v) is 13.8. The number of anilines is 1. The molecule has 0 radical (unpaired) electrons. The summed E-state index contributed by atoms with van der Waals surface area (Å²) < 4.78 is 12.3. The van der Waals surface area contributed by atoms with Gasteiger partial charge < -0.3 is 41.0 Å². The molecular formula is C26H36N8O7. The van der Waals surface area contributed by atoms with Gasteiger partial charge in [0, 0.05) is 26.1 Å². The van der Waals surface area contributed by atoms with Gasteiger partial charge in [0.05, 0.1) is 12.9 Å². The van der Waals surface area contributed by atoms with E-state index in [0.29, 0.717) is 32.6 Å². The molecule has 15 nitrogen and oxygen atoms in total. The van der Waals surface area contributed by atoms with Crippen molar-refractivity contribution in [3.8, 4) is 11.8 Å². The van der Waals surface area contributed by atoms with Gasteiger partial charge in [0.2, 0.25) is 5.82 Å². The molecule has 2 unspecified atom stereocenters. The lowest BCUT2D eigenvalue weighted by atomic mass is 9.94. The second-order valence-corrected chi connectivity index (χ2v) is 9.63. The van der Waals surface area contributed by atoms with Gasteiger partial charge in [-0.3, -0.25) is 14.2 Å². The lowest BCUT2D eigenvalue weighted by Gasteiger charge is -2.33. The summed E-state index contributed by atoms with van der Waals surface area (Å²) in [7, 11) is 0. The Hall–Kier alpha value is -4.00. The molecule has 3 amide bonds. The quantitative estimate of drug-likeness (QED) is 0.223. The maximum Gasteiger partial charge on any atom is 0.410 e. The SMILES string of the molecule is CC.CCNC(=O)[C@H]1O[C@@H](n2cnc3c(N)nc(C#CCC4CCN(C(=O)OC5CNC5=O)CC4)nc32)C(O)[C@H]1O. The van der Waals surface area contributed by atoms with Crippen molar-refractivity contribution in [3.63, 3.8) is 0 Å². The number of carbonyl (C=O) groups excluding carboxylic acids is 3. The number of likely N-dealkylation sites (tertiary alicyclic amines) is 1. The van der Waals surface area contributed by atoms with Crippen LogP contribution in [-0.2, 0) is 19.1 Å². The smallest absolute Gasteiger partial charge is 0.410 e. The molecule has 5 rings (SSSR count). The number of aliphatic hydroxyl groups is 2. The molecule has 3 aliphatic heterocycles. The zero-order valence-electron chi connectivity index (χ0n) is 23.2. The zero-order valence-corrected chi connectivity index (χ0v) is 23.2.